The van der Waals surface area contributed by atoms with Gasteiger partial charge in [-0.3, -0.25) is 4.79 Å². The van der Waals surface area contributed by atoms with Crippen LogP contribution < -0.4 is 15.8 Å². The van der Waals surface area contributed by atoms with Crippen molar-refractivity contribution in [3.63, 3.8) is 0 Å². The van der Waals surface area contributed by atoms with Crippen LogP contribution in [0, 0.1) is 5.92 Å². The van der Waals surface area contributed by atoms with Gasteiger partial charge in [-0.05, 0) is 67.5 Å². The molecule has 166 valence electrons. The fourth-order valence-electron chi connectivity index (χ4n) is 4.93. The van der Waals surface area contributed by atoms with Gasteiger partial charge in [0, 0.05) is 0 Å². The van der Waals surface area contributed by atoms with Gasteiger partial charge in [0.25, 0.3) is 0 Å². The molecule has 3 unspecified atom stereocenters. The number of phenols is 1. The highest BCUT2D eigenvalue weighted by atomic mass is 16.5. The number of ketones is 1. The van der Waals surface area contributed by atoms with E-state index in [4.69, 9.17) is 10.5 Å². The molecular formula is C25H38N2O3. The Labute approximate surface area is 181 Å². The number of hydrogen-bond donors (Lipinski definition) is 3. The summed E-state index contributed by atoms with van der Waals surface area (Å²) in [6.45, 7) is 11.5. The van der Waals surface area contributed by atoms with Crippen LogP contribution in [0.4, 0.5) is 0 Å². The molecular weight excluding hydrogens is 376 g/mol. The summed E-state index contributed by atoms with van der Waals surface area (Å²) < 4.78 is 6.41. The van der Waals surface area contributed by atoms with Crippen LogP contribution in [0.3, 0.4) is 0 Å². The van der Waals surface area contributed by atoms with E-state index in [9.17, 15) is 9.90 Å². The van der Waals surface area contributed by atoms with E-state index in [0.29, 0.717) is 29.7 Å². The van der Waals surface area contributed by atoms with Crippen LogP contribution in [0.5, 0.6) is 11.5 Å². The topological polar surface area (TPSA) is 84.6 Å². The molecule has 0 bridgehead atoms. The molecule has 0 saturated heterocycles. The molecule has 1 aromatic rings. The monoisotopic (exact) mass is 414 g/mol. The van der Waals surface area contributed by atoms with Crippen molar-refractivity contribution in [2.24, 2.45) is 11.7 Å². The van der Waals surface area contributed by atoms with E-state index in [0.717, 1.165) is 23.1 Å². The lowest BCUT2D eigenvalue weighted by Gasteiger charge is -2.42. The minimum Gasteiger partial charge on any atom is -0.507 e. The predicted molar refractivity (Wildman–Crippen MR) is 122 cm³/mol. The molecule has 0 aromatic heterocycles. The zero-order valence-corrected chi connectivity index (χ0v) is 19.2. The van der Waals surface area contributed by atoms with E-state index in [1.807, 2.05) is 19.9 Å². The number of aromatic hydroxyl groups is 1. The van der Waals surface area contributed by atoms with Crippen LogP contribution in [0.2, 0.25) is 0 Å². The number of carbonyl (C=O) groups excluding carboxylic acids is 1. The number of benzene rings is 1. The Balaban J connectivity index is 2.02. The van der Waals surface area contributed by atoms with E-state index in [1.54, 1.807) is 0 Å². The highest BCUT2D eigenvalue weighted by molar-refractivity contribution is 6.02. The molecule has 30 heavy (non-hydrogen) atoms. The number of carbonyl (C=O) groups is 1. The molecule has 4 N–H and O–H groups in total. The number of hydrogen-bond acceptors (Lipinski definition) is 5. The van der Waals surface area contributed by atoms with Crippen molar-refractivity contribution in [2.45, 2.75) is 84.3 Å². The minimum atomic E-state index is -0.529. The van der Waals surface area contributed by atoms with Gasteiger partial charge in [0.1, 0.15) is 17.1 Å². The fourth-order valence-corrected chi connectivity index (χ4v) is 4.93. The van der Waals surface area contributed by atoms with E-state index >= 15 is 0 Å². The Morgan fingerprint density at radius 2 is 2.07 bits per heavy atom. The molecule has 2 aliphatic rings. The molecule has 2 aliphatic heterocycles. The number of unbranched alkanes of at least 4 members (excludes halogenated alkanes) is 2. The zero-order valence-electron chi connectivity index (χ0n) is 19.2. The first-order valence-electron chi connectivity index (χ1n) is 11.5. The third kappa shape index (κ3) is 4.28. The molecule has 0 aliphatic carbocycles. The number of fused-ring (bicyclic) bond motifs is 2. The summed E-state index contributed by atoms with van der Waals surface area (Å²) in [5, 5.41) is 14.4. The third-order valence-electron chi connectivity index (χ3n) is 6.97. The predicted octanol–water partition coefficient (Wildman–Crippen LogP) is 4.53. The quantitative estimate of drug-likeness (QED) is 0.544. The van der Waals surface area contributed by atoms with Crippen molar-refractivity contribution in [3.8, 4) is 11.5 Å². The SMILES string of the molecule is CCCCCC(C)C(C)c1cc(O)c2c(c1)OC(C)(C)C1=C2C(C(=O)CN)NCC1. The van der Waals surface area contributed by atoms with Gasteiger partial charge in [-0.2, -0.15) is 0 Å². The second-order valence-corrected chi connectivity index (χ2v) is 9.49. The van der Waals surface area contributed by atoms with E-state index in [2.05, 4.69) is 32.2 Å². The summed E-state index contributed by atoms with van der Waals surface area (Å²) in [5.74, 6) is 1.62. The Morgan fingerprint density at radius 1 is 1.33 bits per heavy atom. The lowest BCUT2D eigenvalue weighted by atomic mass is 9.76. The van der Waals surface area contributed by atoms with Crippen LogP contribution in [0.25, 0.3) is 5.57 Å². The van der Waals surface area contributed by atoms with Crippen LogP contribution in [0.15, 0.2) is 17.7 Å². The summed E-state index contributed by atoms with van der Waals surface area (Å²) in [4.78, 5) is 12.6. The van der Waals surface area contributed by atoms with Gasteiger partial charge in [0.05, 0.1) is 18.2 Å². The maximum atomic E-state index is 12.6. The summed E-state index contributed by atoms with van der Waals surface area (Å²) in [6.07, 6.45) is 5.66. The van der Waals surface area contributed by atoms with Gasteiger partial charge in [0.2, 0.25) is 0 Å². The Hall–Kier alpha value is -1.85. The van der Waals surface area contributed by atoms with Gasteiger partial charge in [-0.15, -0.1) is 0 Å². The summed E-state index contributed by atoms with van der Waals surface area (Å²) in [5.41, 5.74) is 8.83. The number of Topliss-reactive ketones (excluding diaryl/α,β-unsaturated/α-hetero) is 1. The second kappa shape index (κ2) is 9.11. The van der Waals surface area contributed by atoms with Crippen LogP contribution in [0.1, 0.15) is 83.8 Å². The second-order valence-electron chi connectivity index (χ2n) is 9.49. The zero-order chi connectivity index (χ0) is 22.1. The average molecular weight is 415 g/mol. The standard InChI is InChI=1S/C25H38N2O3/c1-6-7-8-9-15(2)16(3)17-12-19(28)23-21(13-17)30-25(4,5)18-10-11-27-24(22(18)23)20(29)14-26/h12-13,15-16,24,27-28H,6-11,14,26H2,1-5H3. The molecule has 1 aromatic carbocycles. The number of phenolic OH excluding ortho intramolecular Hbond substituents is 1. The highest BCUT2D eigenvalue weighted by Crippen LogP contribution is 2.50. The van der Waals surface area contributed by atoms with E-state index < -0.39 is 11.6 Å². The van der Waals surface area contributed by atoms with Crippen LogP contribution >= 0.6 is 0 Å². The van der Waals surface area contributed by atoms with Crippen molar-refractivity contribution >= 4 is 11.4 Å². The normalized spacial score (nSPS) is 22.0. The largest absolute Gasteiger partial charge is 0.507 e. The van der Waals surface area contributed by atoms with E-state index in [1.165, 1.54) is 25.7 Å². The van der Waals surface area contributed by atoms with Crippen molar-refractivity contribution in [3.05, 3.63) is 28.8 Å². The third-order valence-corrected chi connectivity index (χ3v) is 6.97. The molecule has 2 heterocycles. The van der Waals surface area contributed by atoms with Gasteiger partial charge >= 0.3 is 0 Å². The number of ether oxygens (including phenoxy) is 1. The van der Waals surface area contributed by atoms with Gasteiger partial charge in [-0.25, -0.2) is 0 Å². The Bertz CT molecular complexity index is 828. The lowest BCUT2D eigenvalue weighted by Crippen LogP contribution is -2.49. The Kier molecular flexibility index (Phi) is 6.93. The first kappa shape index (κ1) is 22.8. The molecule has 0 amide bonds. The summed E-state index contributed by atoms with van der Waals surface area (Å²) >= 11 is 0. The van der Waals surface area contributed by atoms with Gasteiger partial charge in [-0.1, -0.05) is 46.5 Å². The smallest absolute Gasteiger partial charge is 0.167 e. The van der Waals surface area contributed by atoms with Crippen molar-refractivity contribution in [2.75, 3.05) is 13.1 Å². The maximum Gasteiger partial charge on any atom is 0.167 e. The summed E-state index contributed by atoms with van der Waals surface area (Å²) in [7, 11) is 0. The number of nitrogens with one attached hydrogen (secondary N) is 1. The molecule has 5 heteroatoms. The molecule has 3 rings (SSSR count). The van der Waals surface area contributed by atoms with Gasteiger partial charge in [0.15, 0.2) is 5.78 Å². The van der Waals surface area contributed by atoms with Crippen LogP contribution in [-0.4, -0.2) is 35.6 Å². The molecule has 0 radical (unpaired) electrons. The maximum absolute atomic E-state index is 12.6. The van der Waals surface area contributed by atoms with Crippen molar-refractivity contribution in [1.82, 2.24) is 5.32 Å². The minimum absolute atomic E-state index is 0.0315. The molecule has 0 fully saturated rings. The first-order chi connectivity index (χ1) is 14.2. The number of rotatable bonds is 8. The fraction of sp³-hybridized carbons (Fsp3) is 0.640. The molecule has 5 nitrogen and oxygen atoms in total. The molecule has 3 atom stereocenters. The molecule has 0 saturated carbocycles. The lowest BCUT2D eigenvalue weighted by molar-refractivity contribution is -0.118. The summed E-state index contributed by atoms with van der Waals surface area (Å²) in [6, 6.07) is 3.44. The first-order valence-corrected chi connectivity index (χ1v) is 11.5. The van der Waals surface area contributed by atoms with Crippen LogP contribution in [-0.2, 0) is 4.79 Å². The molecule has 0 spiro atoms. The highest BCUT2D eigenvalue weighted by Gasteiger charge is 2.42. The van der Waals surface area contributed by atoms with E-state index in [-0.39, 0.29) is 18.1 Å². The van der Waals surface area contributed by atoms with Gasteiger partial charge < -0.3 is 20.9 Å². The van der Waals surface area contributed by atoms with Crippen molar-refractivity contribution in [1.29, 1.82) is 0 Å². The van der Waals surface area contributed by atoms with Crippen molar-refractivity contribution < 1.29 is 14.6 Å². The average Bonchev–Trinajstić information content (AvgIpc) is 2.71. The Morgan fingerprint density at radius 3 is 2.73 bits per heavy atom. The number of nitrogens with two attached hydrogens (primary N) is 1.